The normalized spacial score (nSPS) is 15.7. The first-order chi connectivity index (χ1) is 17.5. The molecule has 2 aromatic carbocycles. The van der Waals surface area contributed by atoms with Gasteiger partial charge in [0.25, 0.3) is 0 Å². The lowest BCUT2D eigenvalue weighted by Crippen LogP contribution is -2.39. The molecule has 11 heteroatoms. The van der Waals surface area contributed by atoms with Crippen LogP contribution in [-0.4, -0.2) is 24.8 Å². The van der Waals surface area contributed by atoms with E-state index in [-0.39, 0.29) is 34.4 Å². The number of nitrogens with one attached hydrogen (secondary N) is 1. The molecule has 0 bridgehead atoms. The summed E-state index contributed by atoms with van der Waals surface area (Å²) in [6.45, 7) is 6.54. The summed E-state index contributed by atoms with van der Waals surface area (Å²) in [5.74, 6) is 0. The van der Waals surface area contributed by atoms with Crippen LogP contribution in [0.5, 0.6) is 0 Å². The average Bonchev–Trinajstić information content (AvgIpc) is 3.05. The molecule has 0 aliphatic heterocycles. The van der Waals surface area contributed by atoms with Crippen molar-refractivity contribution < 1.29 is 34.8 Å². The van der Waals surface area contributed by atoms with Gasteiger partial charge in [-0.25, -0.2) is 13.1 Å². The zero-order valence-electron chi connectivity index (χ0n) is 21.3. The van der Waals surface area contributed by atoms with Crippen molar-refractivity contribution >= 4 is 20.9 Å². The van der Waals surface area contributed by atoms with Crippen molar-refractivity contribution in [2.24, 2.45) is 5.41 Å². The van der Waals surface area contributed by atoms with Crippen LogP contribution in [0.2, 0.25) is 0 Å². The fourth-order valence-electron chi connectivity index (χ4n) is 4.75. The van der Waals surface area contributed by atoms with Crippen LogP contribution in [0.4, 0.5) is 26.3 Å². The molecule has 1 aliphatic rings. The van der Waals surface area contributed by atoms with Crippen molar-refractivity contribution in [1.29, 1.82) is 0 Å². The van der Waals surface area contributed by atoms with E-state index in [0.717, 1.165) is 18.1 Å². The smallest absolute Gasteiger partial charge is 0.346 e. The van der Waals surface area contributed by atoms with Gasteiger partial charge in [-0.1, -0.05) is 39.3 Å². The number of fused-ring (bicyclic) bond motifs is 1. The Morgan fingerprint density at radius 2 is 1.63 bits per heavy atom. The van der Waals surface area contributed by atoms with E-state index in [0.29, 0.717) is 42.8 Å². The third-order valence-corrected chi connectivity index (χ3v) is 8.75. The Labute approximate surface area is 218 Å². The molecule has 0 spiro atoms. The van der Waals surface area contributed by atoms with E-state index in [1.807, 2.05) is 31.5 Å². The first kappa shape index (κ1) is 28.5. The van der Waals surface area contributed by atoms with Gasteiger partial charge in [-0.15, -0.1) is 0 Å². The zero-order valence-corrected chi connectivity index (χ0v) is 22.1. The highest BCUT2D eigenvalue weighted by molar-refractivity contribution is 7.90. The zero-order chi connectivity index (χ0) is 28.1. The number of benzene rings is 2. The van der Waals surface area contributed by atoms with Crippen LogP contribution < -0.4 is 4.72 Å². The minimum atomic E-state index is -4.98. The Kier molecular flexibility index (Phi) is 7.42. The van der Waals surface area contributed by atoms with Crippen molar-refractivity contribution in [3.8, 4) is 11.1 Å². The topological polar surface area (TPSA) is 51.1 Å². The van der Waals surface area contributed by atoms with Gasteiger partial charge < -0.3 is 4.57 Å². The van der Waals surface area contributed by atoms with Gasteiger partial charge in [-0.05, 0) is 65.6 Å². The van der Waals surface area contributed by atoms with Crippen molar-refractivity contribution in [3.05, 3.63) is 59.3 Å². The Morgan fingerprint density at radius 3 is 2.18 bits per heavy atom. The van der Waals surface area contributed by atoms with Crippen molar-refractivity contribution in [2.75, 3.05) is 6.54 Å². The SMILES string of the molecule is CC(C)(C)Cc1cn(CCNS(=O)(=O)C2CCC2)c2ccc(-c3ccc(C(F)(F)F)cc3C(F)(F)F)cc12. The Morgan fingerprint density at radius 1 is 0.947 bits per heavy atom. The van der Waals surface area contributed by atoms with Gasteiger partial charge in [-0.2, -0.15) is 26.3 Å². The Hall–Kier alpha value is -2.53. The molecule has 1 saturated carbocycles. The highest BCUT2D eigenvalue weighted by Crippen LogP contribution is 2.42. The molecule has 38 heavy (non-hydrogen) atoms. The van der Waals surface area contributed by atoms with Crippen LogP contribution in [-0.2, 0) is 35.3 Å². The maximum Gasteiger partial charge on any atom is 0.417 e. The highest BCUT2D eigenvalue weighted by atomic mass is 32.2. The van der Waals surface area contributed by atoms with Gasteiger partial charge >= 0.3 is 12.4 Å². The largest absolute Gasteiger partial charge is 0.417 e. The van der Waals surface area contributed by atoms with Crippen molar-refractivity contribution in [3.63, 3.8) is 0 Å². The minimum absolute atomic E-state index is 0.148. The number of hydrogen-bond donors (Lipinski definition) is 1. The second-order valence-electron chi connectivity index (χ2n) is 11.1. The molecule has 0 unspecified atom stereocenters. The minimum Gasteiger partial charge on any atom is -0.346 e. The number of sulfonamides is 1. The maximum absolute atomic E-state index is 13.8. The monoisotopic (exact) mass is 560 g/mol. The van der Waals surface area contributed by atoms with Crippen LogP contribution in [0.25, 0.3) is 22.0 Å². The van der Waals surface area contributed by atoms with Gasteiger partial charge in [0, 0.05) is 30.2 Å². The van der Waals surface area contributed by atoms with E-state index in [4.69, 9.17) is 0 Å². The third-order valence-electron chi connectivity index (χ3n) is 6.79. The fourth-order valence-corrected chi connectivity index (χ4v) is 6.32. The first-order valence-corrected chi connectivity index (χ1v) is 13.9. The summed E-state index contributed by atoms with van der Waals surface area (Å²) in [4.78, 5) is 0. The number of alkyl halides is 6. The van der Waals surface area contributed by atoms with E-state index in [2.05, 4.69) is 4.72 Å². The summed E-state index contributed by atoms with van der Waals surface area (Å²) in [5.41, 5.74) is -1.50. The molecule has 0 saturated heterocycles. The quantitative estimate of drug-likeness (QED) is 0.306. The predicted octanol–water partition coefficient (Wildman–Crippen LogP) is 7.41. The Bertz CT molecular complexity index is 1430. The van der Waals surface area contributed by atoms with E-state index in [1.165, 1.54) is 6.07 Å². The summed E-state index contributed by atoms with van der Waals surface area (Å²) in [6, 6.07) is 6.33. The van der Waals surface area contributed by atoms with E-state index >= 15 is 0 Å². The second-order valence-corrected chi connectivity index (χ2v) is 13.1. The molecule has 1 heterocycles. The maximum atomic E-state index is 13.8. The van der Waals surface area contributed by atoms with E-state index in [1.54, 1.807) is 12.1 Å². The second kappa shape index (κ2) is 9.89. The summed E-state index contributed by atoms with van der Waals surface area (Å²) < 4.78 is 110. The first-order valence-electron chi connectivity index (χ1n) is 12.3. The van der Waals surface area contributed by atoms with Crippen LogP contribution in [0.1, 0.15) is 56.7 Å². The van der Waals surface area contributed by atoms with Gasteiger partial charge in [0.15, 0.2) is 0 Å². The van der Waals surface area contributed by atoms with E-state index < -0.39 is 33.5 Å². The van der Waals surface area contributed by atoms with Crippen LogP contribution >= 0.6 is 0 Å². The molecule has 3 aromatic rings. The molecule has 1 N–H and O–H groups in total. The molecular formula is C27H30F6N2O2S. The Balaban J connectivity index is 1.74. The van der Waals surface area contributed by atoms with Gasteiger partial charge in [-0.3, -0.25) is 0 Å². The lowest BCUT2D eigenvalue weighted by Gasteiger charge is -2.25. The van der Waals surface area contributed by atoms with Crippen LogP contribution in [0, 0.1) is 5.41 Å². The van der Waals surface area contributed by atoms with Gasteiger partial charge in [0.1, 0.15) is 0 Å². The van der Waals surface area contributed by atoms with Crippen LogP contribution in [0.15, 0.2) is 42.6 Å². The molecule has 0 amide bonds. The summed E-state index contributed by atoms with van der Waals surface area (Å²) >= 11 is 0. The van der Waals surface area contributed by atoms with Gasteiger partial charge in [0.2, 0.25) is 10.0 Å². The lowest BCUT2D eigenvalue weighted by atomic mass is 9.87. The molecular weight excluding hydrogens is 530 g/mol. The predicted molar refractivity (Wildman–Crippen MR) is 135 cm³/mol. The summed E-state index contributed by atoms with van der Waals surface area (Å²) in [5, 5.41) is 0.307. The molecule has 1 aromatic heterocycles. The summed E-state index contributed by atoms with van der Waals surface area (Å²) in [6.07, 6.45) is -5.25. The molecule has 0 radical (unpaired) electrons. The highest BCUT2D eigenvalue weighted by Gasteiger charge is 2.38. The standard InChI is InChI=1S/C27H30F6N2O2S/c1-25(2,3)15-18-16-35(12-11-34-38(36,37)20-5-4-6-20)24-10-7-17(13-22(18)24)21-9-8-19(26(28,29)30)14-23(21)27(31,32)33/h7-10,13-14,16,20,34H,4-6,11-12,15H2,1-3H3. The van der Waals surface area contributed by atoms with Crippen molar-refractivity contribution in [2.45, 2.75) is 70.6 Å². The number of aromatic nitrogens is 1. The van der Waals surface area contributed by atoms with Crippen LogP contribution in [0.3, 0.4) is 0 Å². The average molecular weight is 561 g/mol. The number of hydrogen-bond acceptors (Lipinski definition) is 2. The number of rotatable bonds is 7. The molecule has 4 nitrogen and oxygen atoms in total. The summed E-state index contributed by atoms with van der Waals surface area (Å²) in [7, 11) is -3.39. The molecule has 1 aliphatic carbocycles. The number of halogens is 6. The number of nitrogens with zero attached hydrogens (tertiary/aromatic N) is 1. The van der Waals surface area contributed by atoms with Crippen molar-refractivity contribution in [1.82, 2.24) is 9.29 Å². The molecule has 208 valence electrons. The fraction of sp³-hybridized carbons (Fsp3) is 0.481. The third kappa shape index (κ3) is 6.20. The van der Waals surface area contributed by atoms with Gasteiger partial charge in [0.05, 0.1) is 16.4 Å². The molecule has 0 atom stereocenters. The van der Waals surface area contributed by atoms with E-state index in [9.17, 15) is 34.8 Å². The lowest BCUT2D eigenvalue weighted by molar-refractivity contribution is -0.142. The molecule has 4 rings (SSSR count). The molecule has 1 fully saturated rings.